The molecule has 0 N–H and O–H groups in total. The Morgan fingerprint density at radius 1 is 0.871 bits per heavy atom. The average Bonchev–Trinajstić information content (AvgIpc) is 2.78. The number of benzene rings is 2. The predicted octanol–water partition coefficient (Wildman–Crippen LogP) is 1.75. The molecule has 0 bridgehead atoms. The fraction of sp³-hybridized carbons (Fsp3) is 0.0870. The number of anilines is 1. The molecule has 1 aromatic heterocycles. The average molecular weight is 433 g/mol. The van der Waals surface area contributed by atoms with E-state index in [1.165, 1.54) is 22.8 Å². The molecule has 0 amide bonds. The largest absolute Gasteiger partial charge is 0.867 e. The summed E-state index contributed by atoms with van der Waals surface area (Å²) >= 11 is 0. The number of hydrogen-bond acceptors (Lipinski definition) is 5. The van der Waals surface area contributed by atoms with Crippen LogP contribution in [0.15, 0.2) is 88.4 Å². The van der Waals surface area contributed by atoms with Crippen molar-refractivity contribution in [3.63, 3.8) is 0 Å². The molecule has 0 atom stereocenters. The van der Waals surface area contributed by atoms with E-state index in [1.54, 1.807) is 60.9 Å². The van der Waals surface area contributed by atoms with Gasteiger partial charge in [-0.25, -0.2) is 0 Å². The van der Waals surface area contributed by atoms with E-state index in [4.69, 9.17) is 0 Å². The molecule has 31 heavy (non-hydrogen) atoms. The SMILES string of the molecule is CN(C)c1cc[n+](C2=C([O-])c3ccccc3C(=O)C2=NS(=O)(=O)c2ccccc2)cc1. The van der Waals surface area contributed by atoms with Gasteiger partial charge in [0.25, 0.3) is 10.0 Å². The van der Waals surface area contributed by atoms with E-state index in [-0.39, 0.29) is 21.7 Å². The van der Waals surface area contributed by atoms with Gasteiger partial charge < -0.3 is 10.0 Å². The van der Waals surface area contributed by atoms with Crippen LogP contribution < -0.4 is 14.6 Å². The van der Waals surface area contributed by atoms with E-state index in [0.29, 0.717) is 0 Å². The van der Waals surface area contributed by atoms with Gasteiger partial charge in [-0.05, 0) is 23.5 Å². The molecule has 7 nitrogen and oxygen atoms in total. The molecule has 3 aromatic rings. The van der Waals surface area contributed by atoms with Crippen molar-refractivity contribution in [2.45, 2.75) is 4.90 Å². The van der Waals surface area contributed by atoms with Crippen molar-refractivity contribution in [2.24, 2.45) is 4.40 Å². The van der Waals surface area contributed by atoms with Crippen LogP contribution in [0, 0.1) is 0 Å². The normalized spacial score (nSPS) is 15.2. The van der Waals surface area contributed by atoms with E-state index < -0.39 is 27.3 Å². The molecular weight excluding hydrogens is 414 g/mol. The van der Waals surface area contributed by atoms with Crippen LogP contribution in [-0.2, 0) is 10.0 Å². The highest BCUT2D eigenvalue weighted by molar-refractivity contribution is 7.90. The summed E-state index contributed by atoms with van der Waals surface area (Å²) in [5, 5.41) is 13.3. The van der Waals surface area contributed by atoms with E-state index in [2.05, 4.69) is 4.40 Å². The number of fused-ring (bicyclic) bond motifs is 1. The van der Waals surface area contributed by atoms with Gasteiger partial charge in [-0.2, -0.15) is 13.0 Å². The van der Waals surface area contributed by atoms with Crippen LogP contribution in [-0.4, -0.2) is 34.0 Å². The van der Waals surface area contributed by atoms with E-state index in [0.717, 1.165) is 5.69 Å². The Kier molecular flexibility index (Phi) is 5.16. The monoisotopic (exact) mass is 433 g/mol. The quantitative estimate of drug-likeness (QED) is 0.585. The highest BCUT2D eigenvalue weighted by atomic mass is 32.2. The molecule has 0 saturated heterocycles. The Balaban J connectivity index is 1.96. The summed E-state index contributed by atoms with van der Waals surface area (Å²) < 4.78 is 31.1. The van der Waals surface area contributed by atoms with Crippen LogP contribution in [0.4, 0.5) is 5.69 Å². The predicted molar refractivity (Wildman–Crippen MR) is 116 cm³/mol. The smallest absolute Gasteiger partial charge is 0.283 e. The fourth-order valence-corrected chi connectivity index (χ4v) is 4.32. The third-order valence-electron chi connectivity index (χ3n) is 4.91. The van der Waals surface area contributed by atoms with Crippen molar-refractivity contribution in [1.82, 2.24) is 0 Å². The van der Waals surface area contributed by atoms with Gasteiger partial charge in [0.1, 0.15) is 0 Å². The minimum absolute atomic E-state index is 0.0612. The van der Waals surface area contributed by atoms with Gasteiger partial charge in [0.05, 0.1) is 4.90 Å². The zero-order chi connectivity index (χ0) is 22.2. The summed E-state index contributed by atoms with van der Waals surface area (Å²) in [6.45, 7) is 0. The van der Waals surface area contributed by atoms with Crippen LogP contribution >= 0.6 is 0 Å². The Bertz CT molecular complexity index is 1330. The molecule has 156 valence electrons. The number of carbonyl (C=O) groups is 1. The molecule has 0 radical (unpaired) electrons. The second kappa shape index (κ2) is 7.81. The van der Waals surface area contributed by atoms with Gasteiger partial charge in [-0.3, -0.25) is 4.79 Å². The molecule has 8 heteroatoms. The third kappa shape index (κ3) is 3.73. The topological polar surface area (TPSA) is 93.8 Å². The first-order chi connectivity index (χ1) is 14.8. The van der Waals surface area contributed by atoms with E-state index in [9.17, 15) is 18.3 Å². The number of aromatic nitrogens is 1. The van der Waals surface area contributed by atoms with Crippen LogP contribution in [0.2, 0.25) is 0 Å². The molecular formula is C23H19N3O4S. The number of carbonyl (C=O) groups excluding carboxylic acids is 1. The molecule has 0 saturated carbocycles. The van der Waals surface area contributed by atoms with Crippen molar-refractivity contribution in [3.05, 3.63) is 90.3 Å². The van der Waals surface area contributed by atoms with Gasteiger partial charge in [-0.1, -0.05) is 42.5 Å². The number of allylic oxidation sites excluding steroid dienone is 1. The maximum absolute atomic E-state index is 13.3. The molecule has 0 fully saturated rings. The summed E-state index contributed by atoms with van der Waals surface area (Å²) in [5.41, 5.74) is 0.706. The molecule has 0 aliphatic heterocycles. The van der Waals surface area contributed by atoms with Crippen LogP contribution in [0.25, 0.3) is 11.5 Å². The Morgan fingerprint density at radius 3 is 2.06 bits per heavy atom. The lowest BCUT2D eigenvalue weighted by Crippen LogP contribution is -2.43. The number of Topliss-reactive ketones (excluding diaryl/α,β-unsaturated/α-hetero) is 1. The summed E-state index contributed by atoms with van der Waals surface area (Å²) in [7, 11) is -0.463. The maximum atomic E-state index is 13.3. The van der Waals surface area contributed by atoms with Crippen molar-refractivity contribution < 1.29 is 22.9 Å². The minimum atomic E-state index is -4.21. The Hall–Kier alpha value is -3.78. The number of hydrogen-bond donors (Lipinski definition) is 0. The molecule has 1 aliphatic rings. The number of nitrogens with zero attached hydrogens (tertiary/aromatic N) is 3. The van der Waals surface area contributed by atoms with Gasteiger partial charge in [0, 0.05) is 37.5 Å². The number of pyridine rings is 1. The number of ketones is 1. The Morgan fingerprint density at radius 2 is 1.45 bits per heavy atom. The van der Waals surface area contributed by atoms with Crippen LogP contribution in [0.3, 0.4) is 0 Å². The lowest BCUT2D eigenvalue weighted by atomic mass is 9.91. The van der Waals surface area contributed by atoms with E-state index >= 15 is 0 Å². The first-order valence-electron chi connectivity index (χ1n) is 9.44. The second-order valence-electron chi connectivity index (χ2n) is 7.14. The lowest BCUT2D eigenvalue weighted by molar-refractivity contribution is -0.577. The standard InChI is InChI=1S/C23H19N3O4S/c1-25(2)16-12-14-26(15-13-16)21-20(24-31(29,30)17-8-4-3-5-9-17)22(27)18-10-6-7-11-19(18)23(21)28/h3-15H,1-2H3. The van der Waals surface area contributed by atoms with Gasteiger partial charge in [-0.15, -0.1) is 4.40 Å². The zero-order valence-corrected chi connectivity index (χ0v) is 17.7. The van der Waals surface area contributed by atoms with Crippen molar-refractivity contribution in [1.29, 1.82) is 0 Å². The van der Waals surface area contributed by atoms with Gasteiger partial charge in [0.15, 0.2) is 18.1 Å². The van der Waals surface area contributed by atoms with Crippen molar-refractivity contribution in [2.75, 3.05) is 19.0 Å². The molecule has 4 rings (SSSR count). The van der Waals surface area contributed by atoms with E-state index in [1.807, 2.05) is 19.0 Å². The molecule has 2 aromatic carbocycles. The number of sulfonamides is 1. The molecule has 1 aliphatic carbocycles. The van der Waals surface area contributed by atoms with Gasteiger partial charge >= 0.3 is 0 Å². The highest BCUT2D eigenvalue weighted by Gasteiger charge is 2.35. The highest BCUT2D eigenvalue weighted by Crippen LogP contribution is 2.28. The molecule has 0 spiro atoms. The van der Waals surface area contributed by atoms with Crippen LogP contribution in [0.5, 0.6) is 0 Å². The second-order valence-corrected chi connectivity index (χ2v) is 8.74. The summed E-state index contributed by atoms with van der Waals surface area (Å²) in [6.07, 6.45) is 3.21. The van der Waals surface area contributed by atoms with Crippen LogP contribution in [0.1, 0.15) is 15.9 Å². The Labute approximate surface area is 180 Å². The fourth-order valence-electron chi connectivity index (χ4n) is 3.30. The first-order valence-corrected chi connectivity index (χ1v) is 10.9. The van der Waals surface area contributed by atoms with Crippen molar-refractivity contribution in [3.8, 4) is 0 Å². The third-order valence-corrected chi connectivity index (χ3v) is 6.20. The summed E-state index contributed by atoms with van der Waals surface area (Å²) in [4.78, 5) is 15.1. The van der Waals surface area contributed by atoms with Gasteiger partial charge in [0.2, 0.25) is 11.5 Å². The van der Waals surface area contributed by atoms with Crippen molar-refractivity contribution >= 4 is 38.7 Å². The number of rotatable bonds is 4. The minimum Gasteiger partial charge on any atom is -0.867 e. The molecule has 0 unspecified atom stereocenters. The molecule has 1 heterocycles. The first kappa shape index (κ1) is 20.5. The maximum Gasteiger partial charge on any atom is 0.283 e. The lowest BCUT2D eigenvalue weighted by Gasteiger charge is -2.23. The summed E-state index contributed by atoms with van der Waals surface area (Å²) in [5.74, 6) is -1.09. The summed E-state index contributed by atoms with van der Waals surface area (Å²) in [6, 6.07) is 17.4. The zero-order valence-electron chi connectivity index (χ0n) is 16.9.